The first-order valence-electron chi connectivity index (χ1n) is 10.5. The number of nitro benzene ring substituents is 2. The lowest BCUT2D eigenvalue weighted by Crippen LogP contribution is -2.54. The number of urea groups is 1. The fourth-order valence-corrected chi connectivity index (χ4v) is 3.68. The third-order valence-corrected chi connectivity index (χ3v) is 5.47. The second kappa shape index (κ2) is 10.4. The summed E-state index contributed by atoms with van der Waals surface area (Å²) in [5, 5.41) is 24.7. The van der Waals surface area contributed by atoms with E-state index in [1.807, 2.05) is 0 Å². The Hall–Kier alpha value is -5.30. The van der Waals surface area contributed by atoms with Crippen molar-refractivity contribution < 1.29 is 33.7 Å². The fourth-order valence-electron chi connectivity index (χ4n) is 3.50. The summed E-state index contributed by atoms with van der Waals surface area (Å²) in [5.41, 5.74) is -1.02. The number of halogens is 1. The molecule has 1 fully saturated rings. The lowest BCUT2D eigenvalue weighted by atomic mass is 10.1. The standard InChI is InChI=1S/C24H15ClN4O9/c1-37-21-10-13(5-7-20(21)38-19-8-6-16(28(33)34)12-18(19)29(35)36)9-17-22(30)26-24(32)27(23(17)31)15-4-2-3-14(25)11-15/h2-12H,1H3,(H,26,30,32)/b17-9+. The zero-order chi connectivity index (χ0) is 27.6. The molecule has 13 nitrogen and oxygen atoms in total. The summed E-state index contributed by atoms with van der Waals surface area (Å²) in [5.74, 6) is -2.00. The number of ether oxygens (including phenoxy) is 2. The van der Waals surface area contributed by atoms with Crippen molar-refractivity contribution in [2.24, 2.45) is 0 Å². The van der Waals surface area contributed by atoms with Crippen LogP contribution in [-0.4, -0.2) is 34.8 Å². The van der Waals surface area contributed by atoms with E-state index in [9.17, 15) is 34.6 Å². The van der Waals surface area contributed by atoms with E-state index < -0.39 is 39.1 Å². The van der Waals surface area contributed by atoms with Crippen molar-refractivity contribution in [2.75, 3.05) is 12.0 Å². The molecular formula is C24H15ClN4O9. The molecule has 3 aromatic carbocycles. The van der Waals surface area contributed by atoms with Crippen LogP contribution in [0.5, 0.6) is 17.2 Å². The lowest BCUT2D eigenvalue weighted by molar-refractivity contribution is -0.394. The van der Waals surface area contributed by atoms with Crippen molar-refractivity contribution >= 4 is 52.6 Å². The van der Waals surface area contributed by atoms with E-state index in [4.69, 9.17) is 21.1 Å². The summed E-state index contributed by atoms with van der Waals surface area (Å²) in [7, 11) is 1.29. The molecule has 1 saturated heterocycles. The van der Waals surface area contributed by atoms with Gasteiger partial charge >= 0.3 is 11.7 Å². The van der Waals surface area contributed by atoms with Gasteiger partial charge in [0.2, 0.25) is 5.75 Å². The Morgan fingerprint density at radius 2 is 1.66 bits per heavy atom. The van der Waals surface area contributed by atoms with Gasteiger partial charge in [0.15, 0.2) is 11.5 Å². The Balaban J connectivity index is 1.67. The third-order valence-electron chi connectivity index (χ3n) is 5.24. The van der Waals surface area contributed by atoms with E-state index in [0.29, 0.717) is 5.56 Å². The second-order valence-corrected chi connectivity index (χ2v) is 8.05. The molecule has 1 N–H and O–H groups in total. The molecular weight excluding hydrogens is 524 g/mol. The van der Waals surface area contributed by atoms with Gasteiger partial charge in [0.05, 0.1) is 28.7 Å². The molecule has 1 aliphatic heterocycles. The number of nitro groups is 2. The monoisotopic (exact) mass is 538 g/mol. The highest BCUT2D eigenvalue weighted by Crippen LogP contribution is 2.38. The van der Waals surface area contributed by atoms with Crippen LogP contribution in [-0.2, 0) is 9.59 Å². The number of benzene rings is 3. The predicted octanol–water partition coefficient (Wildman–Crippen LogP) is 4.62. The summed E-state index contributed by atoms with van der Waals surface area (Å²) >= 11 is 5.96. The highest BCUT2D eigenvalue weighted by molar-refractivity contribution is 6.39. The minimum atomic E-state index is -0.939. The number of carbonyl (C=O) groups excluding carboxylic acids is 3. The molecule has 1 aliphatic rings. The Morgan fingerprint density at radius 1 is 0.921 bits per heavy atom. The first kappa shape index (κ1) is 25.8. The molecule has 0 saturated carbocycles. The third kappa shape index (κ3) is 5.12. The zero-order valence-electron chi connectivity index (χ0n) is 19.2. The Bertz CT molecular complexity index is 1550. The molecule has 1 heterocycles. The van der Waals surface area contributed by atoms with Gasteiger partial charge in [0, 0.05) is 11.1 Å². The van der Waals surface area contributed by atoms with Crippen LogP contribution >= 0.6 is 11.6 Å². The van der Waals surface area contributed by atoms with Gasteiger partial charge in [-0.2, -0.15) is 0 Å². The summed E-state index contributed by atoms with van der Waals surface area (Å²) in [4.78, 5) is 59.4. The average molecular weight is 539 g/mol. The Kier molecular flexibility index (Phi) is 7.03. The molecule has 38 heavy (non-hydrogen) atoms. The first-order chi connectivity index (χ1) is 18.1. The number of hydrogen-bond acceptors (Lipinski definition) is 9. The number of carbonyl (C=O) groups is 3. The van der Waals surface area contributed by atoms with E-state index in [1.54, 1.807) is 6.07 Å². The van der Waals surface area contributed by atoms with Gasteiger partial charge in [0.1, 0.15) is 5.57 Å². The number of hydrogen-bond donors (Lipinski definition) is 1. The normalized spacial score (nSPS) is 14.3. The van der Waals surface area contributed by atoms with Crippen molar-refractivity contribution in [3.8, 4) is 17.2 Å². The zero-order valence-corrected chi connectivity index (χ0v) is 20.0. The van der Waals surface area contributed by atoms with Gasteiger partial charge in [-0.25, -0.2) is 9.69 Å². The molecule has 4 rings (SSSR count). The number of methoxy groups -OCH3 is 1. The number of rotatable bonds is 7. The van der Waals surface area contributed by atoms with Gasteiger partial charge in [-0.1, -0.05) is 23.7 Å². The number of nitrogens with zero attached hydrogens (tertiary/aromatic N) is 3. The average Bonchev–Trinajstić information content (AvgIpc) is 2.87. The van der Waals surface area contributed by atoms with Crippen LogP contribution in [0.1, 0.15) is 5.56 Å². The molecule has 0 atom stereocenters. The van der Waals surface area contributed by atoms with Crippen molar-refractivity contribution in [3.63, 3.8) is 0 Å². The maximum atomic E-state index is 13.1. The summed E-state index contributed by atoms with van der Waals surface area (Å²) in [6.45, 7) is 0. The van der Waals surface area contributed by atoms with Crippen molar-refractivity contribution in [3.05, 3.63) is 97.1 Å². The van der Waals surface area contributed by atoms with Crippen molar-refractivity contribution in [1.29, 1.82) is 0 Å². The predicted molar refractivity (Wildman–Crippen MR) is 133 cm³/mol. The molecule has 0 radical (unpaired) electrons. The van der Waals surface area contributed by atoms with Crippen LogP contribution < -0.4 is 19.7 Å². The van der Waals surface area contributed by atoms with Gasteiger partial charge in [0.25, 0.3) is 17.5 Å². The molecule has 192 valence electrons. The first-order valence-corrected chi connectivity index (χ1v) is 10.9. The van der Waals surface area contributed by atoms with Crippen LogP contribution in [0.15, 0.2) is 66.2 Å². The second-order valence-electron chi connectivity index (χ2n) is 7.62. The molecule has 14 heteroatoms. The van der Waals surface area contributed by atoms with Gasteiger partial charge < -0.3 is 9.47 Å². The van der Waals surface area contributed by atoms with Crippen LogP contribution in [0, 0.1) is 20.2 Å². The van der Waals surface area contributed by atoms with E-state index >= 15 is 0 Å². The fraction of sp³-hybridized carbons (Fsp3) is 0.0417. The molecule has 0 bridgehead atoms. The largest absolute Gasteiger partial charge is 0.493 e. The van der Waals surface area contributed by atoms with Crippen molar-refractivity contribution in [1.82, 2.24) is 5.32 Å². The molecule has 0 spiro atoms. The van der Waals surface area contributed by atoms with Gasteiger partial charge in [-0.05, 0) is 48.0 Å². The molecule has 3 aromatic rings. The molecule has 0 unspecified atom stereocenters. The maximum absolute atomic E-state index is 13.1. The topological polar surface area (TPSA) is 171 Å². The summed E-state index contributed by atoms with van der Waals surface area (Å²) < 4.78 is 10.9. The van der Waals surface area contributed by atoms with E-state index in [0.717, 1.165) is 23.1 Å². The number of anilines is 1. The Morgan fingerprint density at radius 3 is 2.32 bits per heavy atom. The van der Waals surface area contributed by atoms with E-state index in [1.165, 1.54) is 49.6 Å². The van der Waals surface area contributed by atoms with Crippen LogP contribution in [0.4, 0.5) is 21.9 Å². The summed E-state index contributed by atoms with van der Waals surface area (Å²) in [6, 6.07) is 12.1. The van der Waals surface area contributed by atoms with Crippen LogP contribution in [0.25, 0.3) is 6.08 Å². The van der Waals surface area contributed by atoms with E-state index in [-0.39, 0.29) is 33.5 Å². The molecule has 4 amide bonds. The van der Waals surface area contributed by atoms with E-state index in [2.05, 4.69) is 5.32 Å². The number of amides is 4. The number of imide groups is 2. The van der Waals surface area contributed by atoms with Crippen molar-refractivity contribution in [2.45, 2.75) is 0 Å². The smallest absolute Gasteiger partial charge is 0.335 e. The van der Waals surface area contributed by atoms with Crippen LogP contribution in [0.2, 0.25) is 5.02 Å². The Labute approximate surface area is 218 Å². The number of non-ortho nitro benzene ring substituents is 1. The molecule has 0 aromatic heterocycles. The highest BCUT2D eigenvalue weighted by Gasteiger charge is 2.37. The minimum Gasteiger partial charge on any atom is -0.493 e. The maximum Gasteiger partial charge on any atom is 0.335 e. The van der Waals surface area contributed by atoms with Gasteiger partial charge in [-0.3, -0.25) is 35.1 Å². The minimum absolute atomic E-state index is 0.0155. The SMILES string of the molecule is COc1cc(/C=C2\C(=O)NC(=O)N(c3cccc(Cl)c3)C2=O)ccc1Oc1ccc([N+](=O)[O-])cc1[N+](=O)[O-]. The highest BCUT2D eigenvalue weighted by atomic mass is 35.5. The number of barbiturate groups is 1. The summed E-state index contributed by atoms with van der Waals surface area (Å²) in [6.07, 6.45) is 1.22. The number of nitrogens with one attached hydrogen (secondary N) is 1. The van der Waals surface area contributed by atoms with Crippen LogP contribution in [0.3, 0.4) is 0 Å². The molecule has 0 aliphatic carbocycles. The lowest BCUT2D eigenvalue weighted by Gasteiger charge is -2.26. The quantitative estimate of drug-likeness (QED) is 0.195. The van der Waals surface area contributed by atoms with Gasteiger partial charge in [-0.15, -0.1) is 0 Å².